The lowest BCUT2D eigenvalue weighted by molar-refractivity contribution is -0.127. The summed E-state index contributed by atoms with van der Waals surface area (Å²) in [6, 6.07) is -0.259. The molecule has 11 heavy (non-hydrogen) atoms. The lowest BCUT2D eigenvalue weighted by Gasteiger charge is -2.10. The molecule has 2 aliphatic rings. The maximum atomic E-state index is 11.3. The number of urea groups is 1. The molecule has 0 N–H and O–H groups in total. The fraction of sp³-hybridized carbons (Fsp3) is 0.714. The summed E-state index contributed by atoms with van der Waals surface area (Å²) in [5.74, 6) is -0.0347. The van der Waals surface area contributed by atoms with Crippen LogP contribution in [0.2, 0.25) is 0 Å². The lowest BCUT2D eigenvalue weighted by atomic mass is 10.2. The first-order valence-corrected chi connectivity index (χ1v) is 3.80. The average molecular weight is 154 g/mol. The summed E-state index contributed by atoms with van der Waals surface area (Å²) in [5, 5.41) is 0. The van der Waals surface area contributed by atoms with Crippen LogP contribution in [0.15, 0.2) is 0 Å². The molecule has 0 aromatic carbocycles. The summed E-state index contributed by atoms with van der Waals surface area (Å²) in [5.41, 5.74) is 0. The molecule has 2 saturated heterocycles. The Bertz CT molecular complexity index is 204. The molecular weight excluding hydrogens is 144 g/mol. The van der Waals surface area contributed by atoms with Gasteiger partial charge in [0.2, 0.25) is 0 Å². The van der Waals surface area contributed by atoms with Gasteiger partial charge in [-0.25, -0.2) is 4.79 Å². The predicted molar refractivity (Wildman–Crippen MR) is 37.9 cm³/mol. The zero-order valence-corrected chi connectivity index (χ0v) is 6.41. The first kappa shape index (κ1) is 6.64. The largest absolute Gasteiger partial charge is 0.327 e. The minimum Gasteiger partial charge on any atom is -0.312 e. The van der Waals surface area contributed by atoms with E-state index in [2.05, 4.69) is 0 Å². The molecule has 1 atom stereocenters. The number of hydrogen-bond acceptors (Lipinski definition) is 2. The van der Waals surface area contributed by atoms with E-state index in [0.717, 1.165) is 19.4 Å². The number of nitrogens with zero attached hydrogens (tertiary/aromatic N) is 2. The molecule has 0 spiro atoms. The summed E-state index contributed by atoms with van der Waals surface area (Å²) < 4.78 is 0. The minimum atomic E-state index is -0.132. The standard InChI is InChI=1S/C7H10N2O2/c1-8-6(10)5-3-2-4-9(5)7(8)11/h5H,2-4H2,1H3/t5-/m0/s1. The van der Waals surface area contributed by atoms with Crippen molar-refractivity contribution in [2.45, 2.75) is 18.9 Å². The average Bonchev–Trinajstić information content (AvgIpc) is 2.53. The molecule has 4 heteroatoms. The molecule has 0 unspecified atom stereocenters. The van der Waals surface area contributed by atoms with Crippen LogP contribution >= 0.6 is 0 Å². The summed E-state index contributed by atoms with van der Waals surface area (Å²) in [6.07, 6.45) is 1.81. The normalized spacial score (nSPS) is 30.1. The number of carbonyl (C=O) groups is 2. The van der Waals surface area contributed by atoms with Crippen molar-refractivity contribution >= 4 is 11.9 Å². The maximum absolute atomic E-state index is 11.3. The Morgan fingerprint density at radius 2 is 2.18 bits per heavy atom. The van der Waals surface area contributed by atoms with Crippen LogP contribution in [0, 0.1) is 0 Å². The van der Waals surface area contributed by atoms with Crippen LogP contribution in [0.3, 0.4) is 0 Å². The molecule has 0 radical (unpaired) electrons. The van der Waals surface area contributed by atoms with E-state index in [1.54, 1.807) is 11.9 Å². The van der Waals surface area contributed by atoms with E-state index in [1.807, 2.05) is 0 Å². The number of fused-ring (bicyclic) bond motifs is 1. The van der Waals surface area contributed by atoms with Crippen molar-refractivity contribution < 1.29 is 9.59 Å². The Hall–Kier alpha value is -1.06. The molecule has 2 rings (SSSR count). The molecule has 4 nitrogen and oxygen atoms in total. The van der Waals surface area contributed by atoms with Crippen LogP contribution in [0.5, 0.6) is 0 Å². The Morgan fingerprint density at radius 3 is 2.82 bits per heavy atom. The third kappa shape index (κ3) is 0.692. The fourth-order valence-corrected chi connectivity index (χ4v) is 1.76. The van der Waals surface area contributed by atoms with Gasteiger partial charge in [0.05, 0.1) is 0 Å². The highest BCUT2D eigenvalue weighted by Gasteiger charge is 2.45. The second kappa shape index (κ2) is 1.96. The highest BCUT2D eigenvalue weighted by Crippen LogP contribution is 2.25. The fourth-order valence-electron chi connectivity index (χ4n) is 1.76. The highest BCUT2D eigenvalue weighted by atomic mass is 16.2. The van der Waals surface area contributed by atoms with Crippen LogP contribution in [0.25, 0.3) is 0 Å². The van der Waals surface area contributed by atoms with Crippen LogP contribution in [0.1, 0.15) is 12.8 Å². The third-order valence-corrected chi connectivity index (χ3v) is 2.40. The molecule has 0 bridgehead atoms. The van der Waals surface area contributed by atoms with Gasteiger partial charge >= 0.3 is 6.03 Å². The molecule has 0 aliphatic carbocycles. The summed E-state index contributed by atoms with van der Waals surface area (Å²) in [7, 11) is 1.54. The van der Waals surface area contributed by atoms with Gasteiger partial charge in [0.25, 0.3) is 5.91 Å². The van der Waals surface area contributed by atoms with Crippen molar-refractivity contribution in [2.75, 3.05) is 13.6 Å². The van der Waals surface area contributed by atoms with E-state index in [1.165, 1.54) is 4.90 Å². The quantitative estimate of drug-likeness (QED) is 0.462. The summed E-state index contributed by atoms with van der Waals surface area (Å²) in [6.45, 7) is 0.750. The van der Waals surface area contributed by atoms with Crippen molar-refractivity contribution in [3.8, 4) is 0 Å². The lowest BCUT2D eigenvalue weighted by Crippen LogP contribution is -2.29. The molecule has 3 amide bonds. The van der Waals surface area contributed by atoms with E-state index in [0.29, 0.717) is 0 Å². The smallest absolute Gasteiger partial charge is 0.312 e. The molecular formula is C7H10N2O2. The van der Waals surface area contributed by atoms with Crippen molar-refractivity contribution in [3.63, 3.8) is 0 Å². The summed E-state index contributed by atoms with van der Waals surface area (Å²) >= 11 is 0. The summed E-state index contributed by atoms with van der Waals surface area (Å²) in [4.78, 5) is 25.4. The molecule has 0 aromatic rings. The van der Waals surface area contributed by atoms with Gasteiger partial charge < -0.3 is 4.90 Å². The monoisotopic (exact) mass is 154 g/mol. The SMILES string of the molecule is CN1C(=O)[C@@H]2CCCN2C1=O. The number of carbonyl (C=O) groups excluding carboxylic acids is 2. The van der Waals surface area contributed by atoms with E-state index in [9.17, 15) is 9.59 Å². The van der Waals surface area contributed by atoms with Gasteiger partial charge in [0, 0.05) is 13.6 Å². The van der Waals surface area contributed by atoms with Gasteiger partial charge in [-0.3, -0.25) is 9.69 Å². The van der Waals surface area contributed by atoms with Gasteiger partial charge in [0.1, 0.15) is 6.04 Å². The van der Waals surface area contributed by atoms with Crippen LogP contribution in [0.4, 0.5) is 4.79 Å². The number of rotatable bonds is 0. The number of amides is 3. The second-order valence-electron chi connectivity index (χ2n) is 3.03. The molecule has 0 aromatic heterocycles. The Labute approximate surface area is 64.8 Å². The molecule has 2 heterocycles. The minimum absolute atomic E-state index is 0.0347. The topological polar surface area (TPSA) is 40.6 Å². The number of imide groups is 1. The van der Waals surface area contributed by atoms with Crippen molar-refractivity contribution in [1.29, 1.82) is 0 Å². The van der Waals surface area contributed by atoms with Crippen LogP contribution in [-0.2, 0) is 4.79 Å². The van der Waals surface area contributed by atoms with Crippen LogP contribution < -0.4 is 0 Å². The predicted octanol–water partition coefficient (Wildman–Crippen LogP) is 0.0428. The Morgan fingerprint density at radius 1 is 1.45 bits per heavy atom. The number of hydrogen-bond donors (Lipinski definition) is 0. The van der Waals surface area contributed by atoms with Gasteiger partial charge in [-0.2, -0.15) is 0 Å². The number of likely N-dealkylation sites (N-methyl/N-ethyl adjacent to an activating group) is 1. The molecule has 60 valence electrons. The van der Waals surface area contributed by atoms with Crippen molar-refractivity contribution in [2.24, 2.45) is 0 Å². The van der Waals surface area contributed by atoms with Gasteiger partial charge in [-0.05, 0) is 12.8 Å². The Kier molecular flexibility index (Phi) is 1.19. The van der Waals surface area contributed by atoms with E-state index in [4.69, 9.17) is 0 Å². The first-order valence-electron chi connectivity index (χ1n) is 3.80. The maximum Gasteiger partial charge on any atom is 0.327 e. The zero-order valence-electron chi connectivity index (χ0n) is 6.41. The van der Waals surface area contributed by atoms with E-state index < -0.39 is 0 Å². The van der Waals surface area contributed by atoms with E-state index >= 15 is 0 Å². The second-order valence-corrected chi connectivity index (χ2v) is 3.03. The van der Waals surface area contributed by atoms with Gasteiger partial charge in [0.15, 0.2) is 0 Å². The van der Waals surface area contributed by atoms with Crippen LogP contribution in [-0.4, -0.2) is 41.4 Å². The Balaban J connectivity index is 2.30. The van der Waals surface area contributed by atoms with Crippen molar-refractivity contribution in [3.05, 3.63) is 0 Å². The third-order valence-electron chi connectivity index (χ3n) is 2.40. The molecule has 2 aliphatic heterocycles. The van der Waals surface area contributed by atoms with Gasteiger partial charge in [-0.1, -0.05) is 0 Å². The molecule has 2 fully saturated rings. The van der Waals surface area contributed by atoms with E-state index in [-0.39, 0.29) is 18.0 Å². The van der Waals surface area contributed by atoms with Crippen molar-refractivity contribution in [1.82, 2.24) is 9.80 Å². The zero-order chi connectivity index (χ0) is 8.01. The first-order chi connectivity index (χ1) is 5.22. The van der Waals surface area contributed by atoms with Gasteiger partial charge in [-0.15, -0.1) is 0 Å². The molecule has 0 saturated carbocycles. The highest BCUT2D eigenvalue weighted by molar-refractivity contribution is 6.04.